The summed E-state index contributed by atoms with van der Waals surface area (Å²) < 4.78 is 46.4. The van der Waals surface area contributed by atoms with Crippen LogP contribution in [0, 0.1) is 0 Å². The normalized spacial score (nSPS) is 16.4. The zero-order valence-corrected chi connectivity index (χ0v) is 16.4. The molecule has 0 radical (unpaired) electrons. The molecule has 1 heterocycles. The molecule has 0 aromatic heterocycles. The van der Waals surface area contributed by atoms with E-state index in [9.17, 15) is 18.0 Å². The molecule has 1 amide bonds. The molecule has 2 aromatic rings. The van der Waals surface area contributed by atoms with Gasteiger partial charge in [-0.15, -0.1) is 0 Å². The van der Waals surface area contributed by atoms with Gasteiger partial charge in [0.2, 0.25) is 0 Å². The number of rotatable bonds is 5. The van der Waals surface area contributed by atoms with Gasteiger partial charge in [-0.1, -0.05) is 18.2 Å². The van der Waals surface area contributed by atoms with Crippen molar-refractivity contribution in [2.45, 2.75) is 19.2 Å². The summed E-state index contributed by atoms with van der Waals surface area (Å²) in [6, 6.07) is 12.7. The number of carbonyl (C=O) groups is 1. The Kier molecular flexibility index (Phi) is 6.32. The van der Waals surface area contributed by atoms with Gasteiger partial charge in [0.1, 0.15) is 5.75 Å². The number of halogens is 3. The summed E-state index contributed by atoms with van der Waals surface area (Å²) in [4.78, 5) is 16.4. The van der Waals surface area contributed by atoms with Crippen molar-refractivity contribution in [1.82, 2.24) is 4.90 Å². The van der Waals surface area contributed by atoms with Gasteiger partial charge in [-0.25, -0.2) is 0 Å². The SMILES string of the molecule is CC(Oc1ccccc1)C(=O)Nc1ccc(N2CCN(C)CC2)cc1C(F)(F)F. The Morgan fingerprint density at radius 1 is 1.07 bits per heavy atom. The van der Waals surface area contributed by atoms with Crippen molar-refractivity contribution in [2.75, 3.05) is 43.4 Å². The molecule has 1 unspecified atom stereocenters. The van der Waals surface area contributed by atoms with Gasteiger partial charge >= 0.3 is 6.18 Å². The van der Waals surface area contributed by atoms with E-state index in [1.165, 1.54) is 13.0 Å². The van der Waals surface area contributed by atoms with Crippen LogP contribution in [0.1, 0.15) is 12.5 Å². The second-order valence-corrected chi connectivity index (χ2v) is 7.08. The summed E-state index contributed by atoms with van der Waals surface area (Å²) in [6.45, 7) is 4.37. The van der Waals surface area contributed by atoms with Crippen LogP contribution in [0.15, 0.2) is 48.5 Å². The molecule has 0 spiro atoms. The van der Waals surface area contributed by atoms with Gasteiger partial charge in [-0.2, -0.15) is 13.2 Å². The number of nitrogens with zero attached hydrogens (tertiary/aromatic N) is 2. The largest absolute Gasteiger partial charge is 0.481 e. The van der Waals surface area contributed by atoms with Gasteiger partial charge in [0.25, 0.3) is 5.91 Å². The summed E-state index contributed by atoms with van der Waals surface area (Å²) >= 11 is 0. The molecule has 1 fully saturated rings. The van der Waals surface area contributed by atoms with Gasteiger partial charge in [0.15, 0.2) is 6.10 Å². The number of para-hydroxylation sites is 1. The van der Waals surface area contributed by atoms with E-state index in [1.54, 1.807) is 36.4 Å². The molecular weight excluding hydrogens is 383 g/mol. The number of hydrogen-bond donors (Lipinski definition) is 1. The molecule has 156 valence electrons. The molecule has 0 saturated carbocycles. The fourth-order valence-corrected chi connectivity index (χ4v) is 3.13. The van der Waals surface area contributed by atoms with Crippen LogP contribution in [-0.4, -0.2) is 50.1 Å². The average Bonchev–Trinajstić information content (AvgIpc) is 2.69. The number of likely N-dealkylation sites (N-methyl/N-ethyl adjacent to an activating group) is 1. The lowest BCUT2D eigenvalue weighted by Gasteiger charge is -2.34. The van der Waals surface area contributed by atoms with E-state index in [2.05, 4.69) is 10.2 Å². The van der Waals surface area contributed by atoms with Crippen molar-refractivity contribution in [2.24, 2.45) is 0 Å². The van der Waals surface area contributed by atoms with Crippen LogP contribution >= 0.6 is 0 Å². The highest BCUT2D eigenvalue weighted by molar-refractivity contribution is 5.95. The Bertz CT molecular complexity index is 835. The third-order valence-electron chi connectivity index (χ3n) is 4.86. The van der Waals surface area contributed by atoms with Crippen molar-refractivity contribution in [1.29, 1.82) is 0 Å². The number of ether oxygens (including phenoxy) is 1. The summed E-state index contributed by atoms with van der Waals surface area (Å²) in [6.07, 6.45) is -5.54. The smallest absolute Gasteiger partial charge is 0.418 e. The fourth-order valence-electron chi connectivity index (χ4n) is 3.13. The standard InChI is InChI=1S/C21H24F3N3O2/c1-15(29-17-6-4-3-5-7-17)20(28)25-19-9-8-16(14-18(19)21(22,23)24)27-12-10-26(2)11-13-27/h3-9,14-15H,10-13H2,1-2H3,(H,25,28). The molecule has 0 bridgehead atoms. The Labute approximate surface area is 168 Å². The Balaban J connectivity index is 1.76. The van der Waals surface area contributed by atoms with Crippen LogP contribution in [0.5, 0.6) is 5.75 Å². The minimum atomic E-state index is -4.59. The molecule has 2 aromatic carbocycles. The third-order valence-corrected chi connectivity index (χ3v) is 4.86. The van der Waals surface area contributed by atoms with Gasteiger partial charge < -0.3 is 19.9 Å². The molecule has 0 aliphatic carbocycles. The minimum Gasteiger partial charge on any atom is -0.481 e. The lowest BCUT2D eigenvalue weighted by atomic mass is 10.1. The number of nitrogens with one attached hydrogen (secondary N) is 1. The molecule has 1 N–H and O–H groups in total. The van der Waals surface area contributed by atoms with E-state index >= 15 is 0 Å². The van der Waals surface area contributed by atoms with Crippen molar-refractivity contribution in [3.05, 3.63) is 54.1 Å². The molecule has 1 atom stereocenters. The highest BCUT2D eigenvalue weighted by atomic mass is 19.4. The van der Waals surface area contributed by atoms with Crippen LogP contribution in [0.3, 0.4) is 0 Å². The van der Waals surface area contributed by atoms with E-state index < -0.39 is 23.8 Å². The number of hydrogen-bond acceptors (Lipinski definition) is 4. The zero-order chi connectivity index (χ0) is 21.0. The second kappa shape index (κ2) is 8.73. The number of benzene rings is 2. The molecule has 1 aliphatic rings. The van der Waals surface area contributed by atoms with Gasteiger partial charge in [-0.05, 0) is 44.3 Å². The molecular formula is C21H24F3N3O2. The molecule has 8 heteroatoms. The number of alkyl halides is 3. The van der Waals surface area contributed by atoms with Crippen molar-refractivity contribution < 1.29 is 22.7 Å². The molecule has 1 saturated heterocycles. The predicted molar refractivity (Wildman–Crippen MR) is 106 cm³/mol. The highest BCUT2D eigenvalue weighted by Crippen LogP contribution is 2.37. The molecule has 3 rings (SSSR count). The van der Waals surface area contributed by atoms with E-state index in [4.69, 9.17) is 4.74 Å². The first kappa shape index (κ1) is 21.0. The average molecular weight is 407 g/mol. The van der Waals surface area contributed by atoms with E-state index in [0.29, 0.717) is 24.5 Å². The molecule has 5 nitrogen and oxygen atoms in total. The van der Waals surface area contributed by atoms with E-state index in [-0.39, 0.29) is 5.69 Å². The Hall–Kier alpha value is -2.74. The minimum absolute atomic E-state index is 0.274. The summed E-state index contributed by atoms with van der Waals surface area (Å²) in [5.41, 5.74) is -0.643. The van der Waals surface area contributed by atoms with Crippen LogP contribution in [0.4, 0.5) is 24.5 Å². The van der Waals surface area contributed by atoms with Crippen LogP contribution < -0.4 is 15.0 Å². The number of piperazine rings is 1. The summed E-state index contributed by atoms with van der Waals surface area (Å²) in [7, 11) is 1.98. The van der Waals surface area contributed by atoms with Gasteiger partial charge in [0.05, 0.1) is 11.3 Å². The molecule has 1 aliphatic heterocycles. The summed E-state index contributed by atoms with van der Waals surface area (Å²) in [5.74, 6) is -0.177. The van der Waals surface area contributed by atoms with Gasteiger partial charge in [0, 0.05) is 31.9 Å². The predicted octanol–water partition coefficient (Wildman–Crippen LogP) is 3.86. The lowest BCUT2D eigenvalue weighted by molar-refractivity contribution is -0.137. The maximum atomic E-state index is 13.6. The quantitative estimate of drug-likeness (QED) is 0.818. The number of carbonyl (C=O) groups excluding carboxylic acids is 1. The topological polar surface area (TPSA) is 44.8 Å². The van der Waals surface area contributed by atoms with Crippen LogP contribution in [-0.2, 0) is 11.0 Å². The lowest BCUT2D eigenvalue weighted by Crippen LogP contribution is -2.44. The van der Waals surface area contributed by atoms with E-state index in [0.717, 1.165) is 19.2 Å². The first-order chi connectivity index (χ1) is 13.7. The molecule has 29 heavy (non-hydrogen) atoms. The number of anilines is 2. The zero-order valence-electron chi connectivity index (χ0n) is 16.4. The van der Waals surface area contributed by atoms with Crippen LogP contribution in [0.2, 0.25) is 0 Å². The number of amides is 1. The Morgan fingerprint density at radius 2 is 1.72 bits per heavy atom. The van der Waals surface area contributed by atoms with Crippen LogP contribution in [0.25, 0.3) is 0 Å². The van der Waals surface area contributed by atoms with Crippen molar-refractivity contribution in [3.63, 3.8) is 0 Å². The third kappa shape index (κ3) is 5.41. The fraction of sp³-hybridized carbons (Fsp3) is 0.381. The maximum absolute atomic E-state index is 13.6. The van der Waals surface area contributed by atoms with Gasteiger partial charge in [-0.3, -0.25) is 4.79 Å². The first-order valence-electron chi connectivity index (χ1n) is 9.41. The van der Waals surface area contributed by atoms with Crippen molar-refractivity contribution >= 4 is 17.3 Å². The van der Waals surface area contributed by atoms with E-state index in [1.807, 2.05) is 11.9 Å². The first-order valence-corrected chi connectivity index (χ1v) is 9.41. The van der Waals surface area contributed by atoms with Crippen molar-refractivity contribution in [3.8, 4) is 5.75 Å². The Morgan fingerprint density at radius 3 is 2.34 bits per heavy atom. The monoisotopic (exact) mass is 407 g/mol. The second-order valence-electron chi connectivity index (χ2n) is 7.08. The highest BCUT2D eigenvalue weighted by Gasteiger charge is 2.35. The summed E-state index contributed by atoms with van der Waals surface area (Å²) in [5, 5.41) is 2.36. The maximum Gasteiger partial charge on any atom is 0.418 e.